The van der Waals surface area contributed by atoms with E-state index >= 15 is 0 Å². The molecule has 3 aromatic rings. The number of aryl methyl sites for hydroxylation is 1. The second kappa shape index (κ2) is 11.3. The molecule has 3 aromatic carbocycles. The molecule has 1 unspecified atom stereocenters. The second-order valence-electron chi connectivity index (χ2n) is 10.1. The fourth-order valence-electron chi connectivity index (χ4n) is 5.57. The summed E-state index contributed by atoms with van der Waals surface area (Å²) in [5.41, 5.74) is 5.45. The number of aliphatic hydroxyl groups is 1. The molecule has 2 heterocycles. The number of methoxy groups -OCH3 is 2. The molecule has 1 fully saturated rings. The van der Waals surface area contributed by atoms with E-state index in [4.69, 9.17) is 14.5 Å². The summed E-state index contributed by atoms with van der Waals surface area (Å²) in [6.07, 6.45) is 1.29. The van der Waals surface area contributed by atoms with Crippen LogP contribution in [0.15, 0.2) is 108 Å². The lowest BCUT2D eigenvalue weighted by molar-refractivity contribution is 0.370. The van der Waals surface area contributed by atoms with E-state index in [0.717, 1.165) is 25.1 Å². The van der Waals surface area contributed by atoms with E-state index in [1.54, 1.807) is 43.4 Å². The Balaban J connectivity index is 1.54. The number of aliphatic imine (C=N–C) groups is 1. The Labute approximate surface area is 235 Å². The van der Waals surface area contributed by atoms with Gasteiger partial charge in [-0.05, 0) is 54.3 Å². The maximum atomic E-state index is 13.6. The van der Waals surface area contributed by atoms with Crippen LogP contribution in [-0.4, -0.2) is 43.2 Å². The summed E-state index contributed by atoms with van der Waals surface area (Å²) >= 11 is 0. The molecule has 6 nitrogen and oxygen atoms in total. The molecule has 0 amide bonds. The fraction of sp³-hybridized carbons (Fsp3) is 0.242. The van der Waals surface area contributed by atoms with Crippen LogP contribution >= 0.6 is 0 Å². The molecule has 40 heavy (non-hydrogen) atoms. The van der Waals surface area contributed by atoms with Gasteiger partial charge in [-0.25, -0.2) is 9.38 Å². The Morgan fingerprint density at radius 2 is 1.70 bits per heavy atom. The predicted molar refractivity (Wildman–Crippen MR) is 158 cm³/mol. The van der Waals surface area contributed by atoms with Crippen LogP contribution in [0.3, 0.4) is 0 Å². The highest BCUT2D eigenvalue weighted by molar-refractivity contribution is 6.06. The molecular formula is C33H34FN3O3. The molecule has 1 N–H and O–H groups in total. The van der Waals surface area contributed by atoms with Crippen molar-refractivity contribution in [1.82, 2.24) is 4.90 Å². The third kappa shape index (κ3) is 5.07. The number of anilines is 1. The molecule has 5 rings (SSSR count). The van der Waals surface area contributed by atoms with Crippen LogP contribution in [0, 0.1) is 12.7 Å². The van der Waals surface area contributed by atoms with E-state index in [-0.39, 0.29) is 11.7 Å². The Hall–Kier alpha value is -4.52. The van der Waals surface area contributed by atoms with Crippen LogP contribution < -0.4 is 14.4 Å². The van der Waals surface area contributed by atoms with E-state index in [0.29, 0.717) is 52.3 Å². The third-order valence-corrected chi connectivity index (χ3v) is 7.63. The summed E-state index contributed by atoms with van der Waals surface area (Å²) in [5, 5.41) is 11.9. The van der Waals surface area contributed by atoms with Crippen molar-refractivity contribution >= 4 is 11.5 Å². The number of para-hydroxylation sites is 1. The quantitative estimate of drug-likeness (QED) is 0.338. The van der Waals surface area contributed by atoms with Gasteiger partial charge in [-0.1, -0.05) is 55.6 Å². The molecule has 2 aliphatic rings. The first-order valence-corrected chi connectivity index (χ1v) is 13.3. The number of ether oxygens (including phenoxy) is 2. The maximum absolute atomic E-state index is 13.6. The van der Waals surface area contributed by atoms with E-state index < -0.39 is 0 Å². The number of hydrogen-bond acceptors (Lipinski definition) is 6. The van der Waals surface area contributed by atoms with Gasteiger partial charge in [0, 0.05) is 31.1 Å². The van der Waals surface area contributed by atoms with Gasteiger partial charge in [0.15, 0.2) is 0 Å². The van der Waals surface area contributed by atoms with Gasteiger partial charge in [0.05, 0.1) is 25.5 Å². The molecule has 0 bridgehead atoms. The molecule has 0 spiro atoms. The fourth-order valence-corrected chi connectivity index (χ4v) is 5.57. The molecule has 0 saturated carbocycles. The number of likely N-dealkylation sites (tertiary alicyclic amines) is 1. The number of amidine groups is 1. The summed E-state index contributed by atoms with van der Waals surface area (Å²) in [6.45, 7) is 12.3. The van der Waals surface area contributed by atoms with Gasteiger partial charge in [0.25, 0.3) is 0 Å². The van der Waals surface area contributed by atoms with Crippen LogP contribution in [0.2, 0.25) is 0 Å². The first-order valence-electron chi connectivity index (χ1n) is 13.3. The van der Waals surface area contributed by atoms with Crippen LogP contribution in [0.5, 0.6) is 11.5 Å². The lowest BCUT2D eigenvalue weighted by atomic mass is 9.94. The monoisotopic (exact) mass is 539 g/mol. The zero-order valence-corrected chi connectivity index (χ0v) is 23.2. The smallest absolute Gasteiger partial charge is 0.209 e. The second-order valence-corrected chi connectivity index (χ2v) is 10.1. The molecule has 0 aliphatic carbocycles. The first-order chi connectivity index (χ1) is 19.3. The summed E-state index contributed by atoms with van der Waals surface area (Å²) in [6, 6.07) is 20.1. The molecule has 2 aliphatic heterocycles. The van der Waals surface area contributed by atoms with E-state index in [2.05, 4.69) is 49.2 Å². The molecule has 0 radical (unpaired) electrons. The molecule has 7 heteroatoms. The van der Waals surface area contributed by atoms with E-state index in [9.17, 15) is 9.50 Å². The van der Waals surface area contributed by atoms with Crippen molar-refractivity contribution in [1.29, 1.82) is 0 Å². The Morgan fingerprint density at radius 3 is 2.35 bits per heavy atom. The van der Waals surface area contributed by atoms with Crippen molar-refractivity contribution < 1.29 is 19.0 Å². The molecule has 1 atom stereocenters. The topological polar surface area (TPSA) is 57.5 Å². The van der Waals surface area contributed by atoms with Crippen LogP contribution in [0.25, 0.3) is 0 Å². The highest BCUT2D eigenvalue weighted by Crippen LogP contribution is 2.44. The Morgan fingerprint density at radius 1 is 1.02 bits per heavy atom. The number of rotatable bonds is 8. The van der Waals surface area contributed by atoms with Gasteiger partial charge < -0.3 is 19.5 Å². The minimum atomic E-state index is -0.321. The van der Waals surface area contributed by atoms with Crippen molar-refractivity contribution in [2.75, 3.05) is 32.2 Å². The minimum Gasteiger partial charge on any atom is -0.494 e. The molecular weight excluding hydrogens is 505 g/mol. The first kappa shape index (κ1) is 27.1. The Kier molecular flexibility index (Phi) is 7.65. The normalized spacial score (nSPS) is 17.2. The van der Waals surface area contributed by atoms with Crippen LogP contribution in [-0.2, 0) is 6.42 Å². The molecule has 206 valence electrons. The van der Waals surface area contributed by atoms with Gasteiger partial charge in [-0.3, -0.25) is 4.90 Å². The minimum absolute atomic E-state index is 0.0655. The number of aliphatic hydroxyl groups excluding tert-OH is 1. The van der Waals surface area contributed by atoms with Gasteiger partial charge in [0.1, 0.15) is 28.8 Å². The average Bonchev–Trinajstić information content (AvgIpc) is 3.44. The van der Waals surface area contributed by atoms with Crippen LogP contribution in [0.4, 0.5) is 10.1 Å². The maximum Gasteiger partial charge on any atom is 0.209 e. The van der Waals surface area contributed by atoms with Crippen molar-refractivity contribution in [2.45, 2.75) is 25.7 Å². The number of halogens is 1. The standard InChI is InChI=1S/C33H34FN3O3/c1-21-9-6-7-10-27(21)25-17-18-36(20-25)23(3)31-22(2)35-30(19-24-13-15-26(34)16-14-24)37(33(31)38)32-28(39-4)11-8-12-29(32)40-5/h6-16,25,38H,2-3,17-20H2,1,4-5H3. The summed E-state index contributed by atoms with van der Waals surface area (Å²) in [7, 11) is 3.13. The van der Waals surface area contributed by atoms with Gasteiger partial charge in [-0.2, -0.15) is 0 Å². The highest BCUT2D eigenvalue weighted by Gasteiger charge is 2.35. The summed E-state index contributed by atoms with van der Waals surface area (Å²) in [4.78, 5) is 8.68. The van der Waals surface area contributed by atoms with Crippen molar-refractivity contribution in [3.05, 3.63) is 125 Å². The number of hydrogen-bond donors (Lipinski definition) is 1. The lowest BCUT2D eigenvalue weighted by Crippen LogP contribution is -2.37. The van der Waals surface area contributed by atoms with Gasteiger partial charge in [-0.15, -0.1) is 0 Å². The average molecular weight is 540 g/mol. The predicted octanol–water partition coefficient (Wildman–Crippen LogP) is 6.90. The SMILES string of the molecule is C=C1N=C(Cc2ccc(F)cc2)N(c2c(OC)cccc2OC)C(O)=C1C(=C)N1CCC(c2ccccc2C)C1. The molecule has 0 aromatic heterocycles. The van der Waals surface area contributed by atoms with Crippen LogP contribution in [0.1, 0.15) is 29.0 Å². The number of benzene rings is 3. The lowest BCUT2D eigenvalue weighted by Gasteiger charge is -2.35. The Bertz CT molecular complexity index is 1490. The third-order valence-electron chi connectivity index (χ3n) is 7.63. The zero-order valence-electron chi connectivity index (χ0n) is 23.2. The molecule has 1 saturated heterocycles. The van der Waals surface area contributed by atoms with Gasteiger partial charge >= 0.3 is 0 Å². The van der Waals surface area contributed by atoms with Crippen molar-refractivity contribution in [3.63, 3.8) is 0 Å². The van der Waals surface area contributed by atoms with E-state index in [1.807, 2.05) is 6.07 Å². The van der Waals surface area contributed by atoms with E-state index in [1.165, 1.54) is 23.3 Å². The van der Waals surface area contributed by atoms with Gasteiger partial charge in [0.2, 0.25) is 5.88 Å². The zero-order chi connectivity index (χ0) is 28.4. The summed E-state index contributed by atoms with van der Waals surface area (Å²) < 4.78 is 25.0. The van der Waals surface area contributed by atoms with Crippen molar-refractivity contribution in [3.8, 4) is 11.5 Å². The van der Waals surface area contributed by atoms with Crippen molar-refractivity contribution in [2.24, 2.45) is 4.99 Å². The largest absolute Gasteiger partial charge is 0.494 e. The highest BCUT2D eigenvalue weighted by atomic mass is 19.1. The summed E-state index contributed by atoms with van der Waals surface area (Å²) in [5.74, 6) is 1.46. The number of nitrogens with zero attached hydrogens (tertiary/aromatic N) is 3.